The number of aliphatic hydroxyl groups is 1. The third kappa shape index (κ3) is 77.6. The highest BCUT2D eigenvalue weighted by atomic mass is 31.2. The molecule has 0 heterocycles. The first kappa shape index (κ1) is 101. The van der Waals surface area contributed by atoms with Gasteiger partial charge in [-0.15, -0.1) is 0 Å². The van der Waals surface area contributed by atoms with Gasteiger partial charge in [-0.1, -0.05) is 310 Å². The Balaban J connectivity index is 5.46. The molecular formula is C87H150O17P2. The van der Waals surface area contributed by atoms with Gasteiger partial charge in [-0.25, -0.2) is 9.13 Å². The number of ether oxygens (including phenoxy) is 4. The maximum Gasteiger partial charge on any atom is 0.472 e. The molecule has 0 aromatic carbocycles. The third-order valence-electron chi connectivity index (χ3n) is 17.4. The molecule has 0 rings (SSSR count). The van der Waals surface area contributed by atoms with E-state index in [1.807, 2.05) is 24.3 Å². The molecule has 0 amide bonds. The van der Waals surface area contributed by atoms with Crippen molar-refractivity contribution in [2.24, 2.45) is 0 Å². The van der Waals surface area contributed by atoms with Crippen LogP contribution in [0.4, 0.5) is 0 Å². The van der Waals surface area contributed by atoms with Crippen LogP contribution in [0, 0.1) is 0 Å². The molecule has 0 aliphatic carbocycles. The molecule has 0 spiro atoms. The van der Waals surface area contributed by atoms with Crippen molar-refractivity contribution in [1.82, 2.24) is 0 Å². The molecule has 0 aromatic heterocycles. The lowest BCUT2D eigenvalue weighted by molar-refractivity contribution is -0.161. The summed E-state index contributed by atoms with van der Waals surface area (Å²) < 4.78 is 68.6. The summed E-state index contributed by atoms with van der Waals surface area (Å²) in [6, 6.07) is 0. The summed E-state index contributed by atoms with van der Waals surface area (Å²) in [7, 11) is -10.00. The van der Waals surface area contributed by atoms with Gasteiger partial charge >= 0.3 is 39.5 Å². The van der Waals surface area contributed by atoms with Gasteiger partial charge in [0.05, 0.1) is 26.4 Å². The van der Waals surface area contributed by atoms with E-state index in [9.17, 15) is 43.2 Å². The minimum absolute atomic E-state index is 0.0180. The maximum atomic E-state index is 13.1. The van der Waals surface area contributed by atoms with Gasteiger partial charge in [-0.3, -0.25) is 37.3 Å². The van der Waals surface area contributed by atoms with E-state index in [0.717, 1.165) is 116 Å². The normalized spacial score (nSPS) is 14.4. The van der Waals surface area contributed by atoms with E-state index in [1.54, 1.807) is 0 Å². The smallest absolute Gasteiger partial charge is 0.462 e. The Morgan fingerprint density at radius 1 is 0.264 bits per heavy atom. The molecule has 2 unspecified atom stereocenters. The predicted molar refractivity (Wildman–Crippen MR) is 436 cm³/mol. The first-order valence-corrected chi connectivity index (χ1v) is 44.8. The molecule has 0 radical (unpaired) electrons. The standard InChI is InChI=1S/C87H150O17P2/c1-5-9-13-17-21-25-29-33-37-40-44-47-51-55-59-63-67-71-84(89)97-77-82(103-86(91)73-69-65-61-57-53-49-43-36-32-28-24-20-16-12-8-4)79-101-105(93,94)99-75-81(88)76-100-106(95,96)102-80-83(104-87(92)74-70-66-62-58-54-50-46-42-39-35-31-27-23-19-15-11-7-3)78-98-85(90)72-68-64-60-56-52-48-45-41-38-34-30-26-22-18-14-10-6-2/h21,23-25,27-28,33,35-37,39,43-44,46-47,50,55,58-59,62,81-83,88H,5-20,22,26,29-32,34,38,40-42,45,48-49,51-54,56-57,60-61,63-80H2,1-4H3,(H,93,94)(H,95,96)/b25-21-,27-23-,28-24-,37-33-,39-35-,43-36-,47-44-,50-46-,59-55-,62-58-/t81-,82-,83-/m1/s1. The summed E-state index contributed by atoms with van der Waals surface area (Å²) in [4.78, 5) is 73.1. The molecule has 0 saturated carbocycles. The first-order valence-electron chi connectivity index (χ1n) is 41.8. The maximum absolute atomic E-state index is 13.1. The van der Waals surface area contributed by atoms with E-state index < -0.39 is 97.5 Å². The van der Waals surface area contributed by atoms with Gasteiger partial charge in [-0.05, 0) is 135 Å². The quantitative estimate of drug-likeness (QED) is 0.0169. The molecular weight excluding hydrogens is 1380 g/mol. The fourth-order valence-electron chi connectivity index (χ4n) is 11.0. The number of carbonyl (C=O) groups excluding carboxylic acids is 4. The number of rotatable bonds is 78. The van der Waals surface area contributed by atoms with E-state index in [4.69, 9.17) is 37.0 Å². The van der Waals surface area contributed by atoms with Crippen molar-refractivity contribution in [2.75, 3.05) is 39.6 Å². The number of unbranched alkanes of at least 4 members (excludes halogenated alkanes) is 32. The lowest BCUT2D eigenvalue weighted by atomic mass is 10.0. The van der Waals surface area contributed by atoms with E-state index in [2.05, 4.69) is 125 Å². The SMILES string of the molecule is CCCCC/C=C\C/C=C\C/C=C\C/C=C\CCCC(=O)OC[C@H](COP(=O)(O)OC[C@@H](O)COP(=O)(O)OC[C@@H](COC(=O)CCCCCCCCCCCCCCCCCCC)OC(=O)CCC/C=C\C/C=C\C/C=C\C/C=C\CCCCC)OC(=O)CCCCCCC/C=C\C/C=C\CCCCC. The summed E-state index contributed by atoms with van der Waals surface area (Å²) in [6.07, 6.45) is 87.5. The lowest BCUT2D eigenvalue weighted by Crippen LogP contribution is -2.30. The number of phosphoric acid groups is 2. The summed E-state index contributed by atoms with van der Waals surface area (Å²) in [5, 5.41) is 10.7. The Morgan fingerprint density at radius 3 is 0.774 bits per heavy atom. The van der Waals surface area contributed by atoms with Gasteiger partial charge < -0.3 is 33.8 Å². The number of aliphatic hydroxyl groups excluding tert-OH is 1. The second-order valence-corrected chi connectivity index (χ2v) is 30.6. The molecule has 106 heavy (non-hydrogen) atoms. The molecule has 0 aliphatic heterocycles. The molecule has 5 atom stereocenters. The highest BCUT2D eigenvalue weighted by molar-refractivity contribution is 7.47. The van der Waals surface area contributed by atoms with E-state index >= 15 is 0 Å². The van der Waals surface area contributed by atoms with Crippen molar-refractivity contribution < 1.29 is 80.2 Å². The number of hydrogen-bond donors (Lipinski definition) is 3. The van der Waals surface area contributed by atoms with Crippen LogP contribution in [-0.4, -0.2) is 96.7 Å². The van der Waals surface area contributed by atoms with Crippen molar-refractivity contribution in [3.05, 3.63) is 122 Å². The Bertz CT molecular complexity index is 2480. The molecule has 610 valence electrons. The third-order valence-corrected chi connectivity index (χ3v) is 19.3. The van der Waals surface area contributed by atoms with Crippen molar-refractivity contribution in [3.63, 3.8) is 0 Å². The van der Waals surface area contributed by atoms with Gasteiger partial charge in [0.2, 0.25) is 0 Å². The first-order chi connectivity index (χ1) is 51.7. The van der Waals surface area contributed by atoms with Crippen LogP contribution in [0.5, 0.6) is 0 Å². The van der Waals surface area contributed by atoms with Crippen LogP contribution in [0.2, 0.25) is 0 Å². The van der Waals surface area contributed by atoms with Crippen molar-refractivity contribution >= 4 is 39.5 Å². The number of phosphoric ester groups is 2. The predicted octanol–water partition coefficient (Wildman–Crippen LogP) is 24.7. The largest absolute Gasteiger partial charge is 0.472 e. The topological polar surface area (TPSA) is 237 Å². The van der Waals surface area contributed by atoms with Gasteiger partial charge in [0.25, 0.3) is 0 Å². The van der Waals surface area contributed by atoms with Crippen molar-refractivity contribution in [3.8, 4) is 0 Å². The Kier molecular flexibility index (Phi) is 75.2. The zero-order valence-corrected chi connectivity index (χ0v) is 68.6. The van der Waals surface area contributed by atoms with Crippen molar-refractivity contribution in [1.29, 1.82) is 0 Å². The van der Waals surface area contributed by atoms with Crippen LogP contribution in [0.15, 0.2) is 122 Å². The second-order valence-electron chi connectivity index (χ2n) is 27.7. The van der Waals surface area contributed by atoms with Crippen LogP contribution in [0.1, 0.15) is 349 Å². The van der Waals surface area contributed by atoms with Gasteiger partial charge in [0, 0.05) is 25.7 Å². The molecule has 17 nitrogen and oxygen atoms in total. The Labute approximate surface area is 644 Å². The van der Waals surface area contributed by atoms with Gasteiger partial charge in [-0.2, -0.15) is 0 Å². The Hall–Kier alpha value is -4.54. The highest BCUT2D eigenvalue weighted by Crippen LogP contribution is 2.45. The Morgan fingerprint density at radius 2 is 0.472 bits per heavy atom. The number of hydrogen-bond acceptors (Lipinski definition) is 15. The molecule has 0 bridgehead atoms. The zero-order valence-electron chi connectivity index (χ0n) is 66.8. The highest BCUT2D eigenvalue weighted by Gasteiger charge is 2.30. The summed E-state index contributed by atoms with van der Waals surface area (Å²) in [6.45, 7) is 4.70. The van der Waals surface area contributed by atoms with Crippen LogP contribution in [0.3, 0.4) is 0 Å². The average Bonchev–Trinajstić information content (AvgIpc) is 0.901. The van der Waals surface area contributed by atoms with Gasteiger partial charge in [0.1, 0.15) is 19.3 Å². The van der Waals surface area contributed by atoms with Crippen LogP contribution in [0.25, 0.3) is 0 Å². The van der Waals surface area contributed by atoms with E-state index in [-0.39, 0.29) is 25.7 Å². The minimum atomic E-state index is -5.00. The number of allylic oxidation sites excluding steroid dienone is 20. The fraction of sp³-hybridized carbons (Fsp3) is 0.724. The fourth-order valence-corrected chi connectivity index (χ4v) is 12.6. The van der Waals surface area contributed by atoms with Crippen LogP contribution in [-0.2, 0) is 65.4 Å². The molecule has 0 fully saturated rings. The number of esters is 4. The van der Waals surface area contributed by atoms with Gasteiger partial charge in [0.15, 0.2) is 12.2 Å². The molecule has 3 N–H and O–H groups in total. The minimum Gasteiger partial charge on any atom is -0.462 e. The summed E-state index contributed by atoms with van der Waals surface area (Å²) in [5.41, 5.74) is 0. The van der Waals surface area contributed by atoms with E-state index in [1.165, 1.54) is 141 Å². The van der Waals surface area contributed by atoms with Crippen LogP contribution < -0.4 is 0 Å². The van der Waals surface area contributed by atoms with Crippen LogP contribution >= 0.6 is 15.6 Å². The number of carbonyl (C=O) groups is 4. The zero-order chi connectivity index (χ0) is 77.4. The van der Waals surface area contributed by atoms with Crippen molar-refractivity contribution in [2.45, 2.75) is 367 Å². The summed E-state index contributed by atoms with van der Waals surface area (Å²) >= 11 is 0. The van der Waals surface area contributed by atoms with E-state index in [0.29, 0.717) is 38.5 Å². The summed E-state index contributed by atoms with van der Waals surface area (Å²) in [5.74, 6) is -2.31. The lowest BCUT2D eigenvalue weighted by Gasteiger charge is -2.21. The molecule has 0 aromatic rings. The molecule has 0 aliphatic rings. The average molecular weight is 1530 g/mol. The molecule has 0 saturated heterocycles. The monoisotopic (exact) mass is 1530 g/mol. The second kappa shape index (κ2) is 78.6. The molecule has 19 heteroatoms.